The highest BCUT2D eigenvalue weighted by Gasteiger charge is 2.47. The molecule has 1 saturated carbocycles. The van der Waals surface area contributed by atoms with Crippen molar-refractivity contribution in [2.75, 3.05) is 6.61 Å². The molecule has 1 aliphatic rings. The summed E-state index contributed by atoms with van der Waals surface area (Å²) in [6.07, 6.45) is 3.98. The number of hydrogen-bond acceptors (Lipinski definition) is 4. The summed E-state index contributed by atoms with van der Waals surface area (Å²) in [5, 5.41) is 0. The first-order valence-electron chi connectivity index (χ1n) is 7.56. The van der Waals surface area contributed by atoms with E-state index in [0.717, 1.165) is 37.7 Å². The lowest BCUT2D eigenvalue weighted by Gasteiger charge is -2.41. The molecule has 0 bridgehead atoms. The monoisotopic (exact) mass is 290 g/mol. The predicted octanol–water partition coefficient (Wildman–Crippen LogP) is 2.99. The van der Waals surface area contributed by atoms with Crippen molar-refractivity contribution in [3.05, 3.63) is 35.9 Å². The van der Waals surface area contributed by atoms with E-state index in [-0.39, 0.29) is 6.61 Å². The summed E-state index contributed by atoms with van der Waals surface area (Å²) in [6, 6.07) is 9.86. The van der Waals surface area contributed by atoms with Gasteiger partial charge in [0.2, 0.25) is 6.10 Å². The molecule has 1 atom stereocenters. The number of ether oxygens (including phenoxy) is 2. The van der Waals surface area contributed by atoms with E-state index in [1.807, 2.05) is 30.3 Å². The predicted molar refractivity (Wildman–Crippen MR) is 78.8 cm³/mol. The molecule has 114 valence electrons. The van der Waals surface area contributed by atoms with Crippen LogP contribution in [0.2, 0.25) is 0 Å². The van der Waals surface area contributed by atoms with Crippen LogP contribution < -0.4 is 0 Å². The van der Waals surface area contributed by atoms with E-state index >= 15 is 0 Å². The molecule has 1 aromatic rings. The fourth-order valence-corrected chi connectivity index (χ4v) is 3.34. The lowest BCUT2D eigenvalue weighted by Crippen LogP contribution is -2.48. The van der Waals surface area contributed by atoms with Gasteiger partial charge >= 0.3 is 5.97 Å². The first-order chi connectivity index (χ1) is 10.2. The molecule has 1 unspecified atom stereocenters. The third-order valence-electron chi connectivity index (χ3n) is 4.29. The van der Waals surface area contributed by atoms with Gasteiger partial charge in [0.05, 0.1) is 6.61 Å². The van der Waals surface area contributed by atoms with Crippen LogP contribution in [0.4, 0.5) is 0 Å². The molecule has 0 aliphatic heterocycles. The Hall–Kier alpha value is -1.84. The van der Waals surface area contributed by atoms with Gasteiger partial charge in [-0.15, -0.1) is 0 Å². The van der Waals surface area contributed by atoms with Crippen LogP contribution in [0.15, 0.2) is 30.3 Å². The molecule has 0 heterocycles. The zero-order valence-electron chi connectivity index (χ0n) is 12.4. The highest BCUT2D eigenvalue weighted by atomic mass is 16.6. The fraction of sp³-hybridized carbons (Fsp3) is 0.529. The second kappa shape index (κ2) is 7.25. The van der Waals surface area contributed by atoms with Gasteiger partial charge in [-0.2, -0.15) is 0 Å². The van der Waals surface area contributed by atoms with Crippen molar-refractivity contribution in [2.24, 2.45) is 0 Å². The van der Waals surface area contributed by atoms with E-state index in [4.69, 9.17) is 9.47 Å². The number of hydrogen-bond donors (Lipinski definition) is 0. The summed E-state index contributed by atoms with van der Waals surface area (Å²) in [4.78, 5) is 23.2. The molecule has 0 saturated heterocycles. The Balaban J connectivity index is 2.41. The zero-order chi connectivity index (χ0) is 15.1. The highest BCUT2D eigenvalue weighted by molar-refractivity contribution is 5.78. The van der Waals surface area contributed by atoms with E-state index in [0.29, 0.717) is 6.47 Å². The molecular formula is C17H22O4. The van der Waals surface area contributed by atoms with Crippen molar-refractivity contribution in [3.8, 4) is 0 Å². The van der Waals surface area contributed by atoms with Gasteiger partial charge in [-0.05, 0) is 25.3 Å². The normalized spacial score (nSPS) is 18.5. The van der Waals surface area contributed by atoms with Crippen molar-refractivity contribution in [2.45, 2.75) is 50.5 Å². The van der Waals surface area contributed by atoms with Crippen molar-refractivity contribution in [1.29, 1.82) is 0 Å². The molecule has 21 heavy (non-hydrogen) atoms. The van der Waals surface area contributed by atoms with Crippen LogP contribution in [-0.2, 0) is 24.5 Å². The molecule has 0 aromatic heterocycles. The second-order valence-electron chi connectivity index (χ2n) is 5.45. The van der Waals surface area contributed by atoms with Crippen molar-refractivity contribution < 1.29 is 19.1 Å². The quantitative estimate of drug-likeness (QED) is 0.597. The summed E-state index contributed by atoms with van der Waals surface area (Å²) in [6.45, 7) is 2.40. The van der Waals surface area contributed by atoms with Crippen LogP contribution in [0.5, 0.6) is 0 Å². The summed E-state index contributed by atoms with van der Waals surface area (Å²) in [5.41, 5.74) is 0.580. The molecule has 1 aliphatic carbocycles. The Morgan fingerprint density at radius 3 is 2.48 bits per heavy atom. The van der Waals surface area contributed by atoms with Crippen LogP contribution in [0.25, 0.3) is 0 Å². The van der Waals surface area contributed by atoms with Gasteiger partial charge in [0.25, 0.3) is 6.47 Å². The van der Waals surface area contributed by atoms with E-state index in [1.54, 1.807) is 6.92 Å². The van der Waals surface area contributed by atoms with Crippen molar-refractivity contribution in [3.63, 3.8) is 0 Å². The maximum atomic E-state index is 12.3. The number of esters is 1. The first-order valence-corrected chi connectivity index (χ1v) is 7.56. The summed E-state index contributed by atoms with van der Waals surface area (Å²) < 4.78 is 10.3. The van der Waals surface area contributed by atoms with Crippen LogP contribution in [0, 0.1) is 0 Å². The van der Waals surface area contributed by atoms with E-state index in [2.05, 4.69) is 0 Å². The van der Waals surface area contributed by atoms with Crippen molar-refractivity contribution >= 4 is 12.4 Å². The average Bonchev–Trinajstić information content (AvgIpc) is 2.54. The third kappa shape index (κ3) is 3.26. The second-order valence-corrected chi connectivity index (χ2v) is 5.45. The van der Waals surface area contributed by atoms with Crippen molar-refractivity contribution in [1.82, 2.24) is 0 Å². The number of benzene rings is 1. The Morgan fingerprint density at radius 2 is 1.90 bits per heavy atom. The van der Waals surface area contributed by atoms with Crippen LogP contribution in [0.3, 0.4) is 0 Å². The molecule has 1 fully saturated rings. The molecule has 0 spiro atoms. The minimum Gasteiger partial charge on any atom is -0.463 e. The summed E-state index contributed by atoms with van der Waals surface area (Å²) in [7, 11) is 0. The standard InChI is InChI=1S/C17H22O4/c1-2-20-16(19)15(21-13-18)17(11-7-4-8-12-17)14-9-5-3-6-10-14/h3,5-6,9-10,13,15H,2,4,7-8,11-12H2,1H3. The number of carbonyl (C=O) groups excluding carboxylic acids is 2. The number of rotatable bonds is 6. The molecule has 4 nitrogen and oxygen atoms in total. The minimum atomic E-state index is -0.863. The van der Waals surface area contributed by atoms with Gasteiger partial charge in [-0.1, -0.05) is 49.6 Å². The maximum Gasteiger partial charge on any atom is 0.348 e. The zero-order valence-corrected chi connectivity index (χ0v) is 12.4. The fourth-order valence-electron chi connectivity index (χ4n) is 3.34. The molecule has 1 aromatic carbocycles. The van der Waals surface area contributed by atoms with Crippen LogP contribution in [-0.4, -0.2) is 25.2 Å². The Labute approximate surface area is 125 Å². The van der Waals surface area contributed by atoms with Gasteiger partial charge in [0.15, 0.2) is 0 Å². The summed E-state index contributed by atoms with van der Waals surface area (Å²) in [5.74, 6) is -0.449. The smallest absolute Gasteiger partial charge is 0.348 e. The Kier molecular flexibility index (Phi) is 5.37. The largest absolute Gasteiger partial charge is 0.463 e. The third-order valence-corrected chi connectivity index (χ3v) is 4.29. The molecule has 0 N–H and O–H groups in total. The number of carbonyl (C=O) groups is 2. The SMILES string of the molecule is CCOC(=O)C(OC=O)C1(c2ccccc2)CCCCC1. The topological polar surface area (TPSA) is 52.6 Å². The molecule has 4 heteroatoms. The summed E-state index contributed by atoms with van der Waals surface area (Å²) >= 11 is 0. The lowest BCUT2D eigenvalue weighted by molar-refractivity contribution is -0.167. The highest BCUT2D eigenvalue weighted by Crippen LogP contribution is 2.43. The van der Waals surface area contributed by atoms with Gasteiger partial charge in [0, 0.05) is 5.41 Å². The molecule has 0 radical (unpaired) electrons. The minimum absolute atomic E-state index is 0.280. The van der Waals surface area contributed by atoms with E-state index in [9.17, 15) is 9.59 Å². The average molecular weight is 290 g/mol. The van der Waals surface area contributed by atoms with E-state index in [1.165, 1.54) is 0 Å². The van der Waals surface area contributed by atoms with Crippen LogP contribution >= 0.6 is 0 Å². The first kappa shape index (κ1) is 15.5. The molecule has 0 amide bonds. The van der Waals surface area contributed by atoms with Gasteiger partial charge < -0.3 is 9.47 Å². The van der Waals surface area contributed by atoms with Gasteiger partial charge in [-0.3, -0.25) is 4.79 Å². The van der Waals surface area contributed by atoms with Crippen LogP contribution in [0.1, 0.15) is 44.6 Å². The van der Waals surface area contributed by atoms with E-state index < -0.39 is 17.5 Å². The lowest BCUT2D eigenvalue weighted by atomic mass is 9.66. The molecule has 2 rings (SSSR count). The maximum absolute atomic E-state index is 12.3. The van der Waals surface area contributed by atoms with Gasteiger partial charge in [0.1, 0.15) is 0 Å². The molecular weight excluding hydrogens is 268 g/mol. The Morgan fingerprint density at radius 1 is 1.24 bits per heavy atom. The van der Waals surface area contributed by atoms with Gasteiger partial charge in [-0.25, -0.2) is 4.79 Å². The Bertz CT molecular complexity index is 463.